The third-order valence-corrected chi connectivity index (χ3v) is 7.26. The number of benzene rings is 3. The number of rotatable bonds is 9. The molecule has 3 aromatic carbocycles. The fourth-order valence-electron chi connectivity index (χ4n) is 4.24. The average Bonchev–Trinajstić information content (AvgIpc) is 2.96. The minimum atomic E-state index is -2.30. The molecular formula is C27H23F5N2O5S. The Balaban J connectivity index is 1.54. The summed E-state index contributed by atoms with van der Waals surface area (Å²) in [5.41, 5.74) is 1.51. The summed E-state index contributed by atoms with van der Waals surface area (Å²) in [4.78, 5) is 24.4. The van der Waals surface area contributed by atoms with Crippen LogP contribution < -0.4 is 9.62 Å². The molecule has 1 heterocycles. The van der Waals surface area contributed by atoms with Crippen molar-refractivity contribution >= 4 is 29.5 Å². The first-order valence-electron chi connectivity index (χ1n) is 12.0. The number of carboxylic acid groups (broad SMARTS) is 1. The van der Waals surface area contributed by atoms with Crippen LogP contribution in [0.5, 0.6) is 5.75 Å². The van der Waals surface area contributed by atoms with Gasteiger partial charge in [0.2, 0.25) is 11.7 Å². The molecule has 13 heteroatoms. The third kappa shape index (κ3) is 6.37. The van der Waals surface area contributed by atoms with Crippen LogP contribution >= 0.6 is 11.9 Å². The number of anilines is 1. The second kappa shape index (κ2) is 12.7. The molecular weight excluding hydrogens is 559 g/mol. The van der Waals surface area contributed by atoms with Gasteiger partial charge in [-0.25, -0.2) is 26.7 Å². The van der Waals surface area contributed by atoms with Gasteiger partial charge in [-0.15, -0.1) is 0 Å². The number of aromatic hydroxyl groups is 1. The van der Waals surface area contributed by atoms with Crippen LogP contribution in [0.1, 0.15) is 40.2 Å². The lowest BCUT2D eigenvalue weighted by Gasteiger charge is -2.25. The largest absolute Gasteiger partial charge is 0.507 e. The van der Waals surface area contributed by atoms with Crippen LogP contribution in [0.4, 0.5) is 27.6 Å². The number of amides is 1. The molecule has 0 spiro atoms. The fourth-order valence-corrected chi connectivity index (χ4v) is 4.94. The number of nitrogens with zero attached hydrogens (tertiary/aromatic N) is 1. The number of halogens is 5. The second-order valence-electron chi connectivity index (χ2n) is 8.94. The number of carboxylic acids is 1. The topological polar surface area (TPSA) is 99.1 Å². The van der Waals surface area contributed by atoms with E-state index in [0.29, 0.717) is 24.7 Å². The number of nitrogens with one attached hydrogen (secondary N) is 1. The lowest BCUT2D eigenvalue weighted by Crippen LogP contribution is -2.36. The van der Waals surface area contributed by atoms with Crippen molar-refractivity contribution in [3.8, 4) is 5.75 Å². The standard InChI is InChI=1S/C27H23F5N2O5S/c28-21-22(29)24(31)26(25(32)23(21)30)40-33-12-20(36)34(17-5-6-18(27(37)38)19(35)11-17)13-14-1-3-15(4-2-14)16-7-9-39-10-8-16/h1-6,11,16,33,35H,7-10,12-13H2,(H,37,38). The number of aromatic carboxylic acids is 1. The predicted molar refractivity (Wildman–Crippen MR) is 136 cm³/mol. The van der Waals surface area contributed by atoms with E-state index >= 15 is 0 Å². The zero-order valence-corrected chi connectivity index (χ0v) is 21.5. The SMILES string of the molecule is O=C(O)c1ccc(N(Cc2ccc(C3CCOCC3)cc2)C(=O)CNSc2c(F)c(F)c(F)c(F)c2F)cc1O. The Morgan fingerprint density at radius 1 is 0.925 bits per heavy atom. The molecule has 40 heavy (non-hydrogen) atoms. The number of carbonyl (C=O) groups is 2. The molecule has 1 saturated heterocycles. The summed E-state index contributed by atoms with van der Waals surface area (Å²) in [5.74, 6) is -13.0. The molecule has 3 aromatic rings. The highest BCUT2D eigenvalue weighted by Gasteiger charge is 2.27. The van der Waals surface area contributed by atoms with Gasteiger partial charge in [0.1, 0.15) is 16.2 Å². The van der Waals surface area contributed by atoms with E-state index in [2.05, 4.69) is 4.72 Å². The maximum absolute atomic E-state index is 14.0. The maximum Gasteiger partial charge on any atom is 0.339 e. The van der Waals surface area contributed by atoms with Gasteiger partial charge in [0, 0.05) is 25.0 Å². The number of phenols is 1. The molecule has 4 rings (SSSR count). The van der Waals surface area contributed by atoms with Crippen molar-refractivity contribution in [3.63, 3.8) is 0 Å². The van der Waals surface area contributed by atoms with E-state index in [0.717, 1.165) is 30.5 Å². The van der Waals surface area contributed by atoms with Crippen molar-refractivity contribution in [1.29, 1.82) is 0 Å². The zero-order chi connectivity index (χ0) is 29.0. The number of carbonyl (C=O) groups excluding carboxylic acids is 1. The molecule has 0 bridgehead atoms. The first kappa shape index (κ1) is 29.3. The number of hydrogen-bond acceptors (Lipinski definition) is 6. The molecule has 0 saturated carbocycles. The zero-order valence-electron chi connectivity index (χ0n) is 20.7. The molecule has 0 unspecified atom stereocenters. The van der Waals surface area contributed by atoms with Crippen molar-refractivity contribution < 1.29 is 46.5 Å². The minimum absolute atomic E-state index is 0.0341. The van der Waals surface area contributed by atoms with Crippen molar-refractivity contribution in [1.82, 2.24) is 4.72 Å². The Hall–Kier alpha value is -3.68. The monoisotopic (exact) mass is 582 g/mol. The van der Waals surface area contributed by atoms with Gasteiger partial charge in [-0.3, -0.25) is 9.52 Å². The van der Waals surface area contributed by atoms with Gasteiger partial charge in [0.25, 0.3) is 0 Å². The molecule has 7 nitrogen and oxygen atoms in total. The van der Waals surface area contributed by atoms with E-state index in [1.807, 2.05) is 24.3 Å². The summed E-state index contributed by atoms with van der Waals surface area (Å²) in [6.07, 6.45) is 1.76. The molecule has 3 N–H and O–H groups in total. The number of ether oxygens (including phenoxy) is 1. The van der Waals surface area contributed by atoms with Crippen LogP contribution in [-0.4, -0.2) is 41.8 Å². The van der Waals surface area contributed by atoms with Gasteiger partial charge in [-0.2, -0.15) is 0 Å². The third-order valence-electron chi connectivity index (χ3n) is 6.40. The van der Waals surface area contributed by atoms with Crippen molar-refractivity contribution in [3.05, 3.63) is 88.2 Å². The highest BCUT2D eigenvalue weighted by Crippen LogP contribution is 2.31. The van der Waals surface area contributed by atoms with Crippen LogP contribution in [-0.2, 0) is 16.1 Å². The molecule has 1 amide bonds. The van der Waals surface area contributed by atoms with Gasteiger partial charge >= 0.3 is 5.97 Å². The fraction of sp³-hybridized carbons (Fsp3) is 0.259. The van der Waals surface area contributed by atoms with E-state index in [-0.39, 0.29) is 24.2 Å². The van der Waals surface area contributed by atoms with Crippen molar-refractivity contribution in [2.24, 2.45) is 0 Å². The van der Waals surface area contributed by atoms with Gasteiger partial charge in [-0.1, -0.05) is 24.3 Å². The highest BCUT2D eigenvalue weighted by atomic mass is 32.2. The Morgan fingerprint density at radius 3 is 2.10 bits per heavy atom. The first-order valence-corrected chi connectivity index (χ1v) is 12.8. The predicted octanol–water partition coefficient (Wildman–Crippen LogP) is 5.51. The smallest absolute Gasteiger partial charge is 0.339 e. The molecule has 0 aromatic heterocycles. The van der Waals surface area contributed by atoms with Crippen LogP contribution in [0.25, 0.3) is 0 Å². The Labute approximate surface area is 229 Å². The summed E-state index contributed by atoms with van der Waals surface area (Å²) < 4.78 is 76.0. The summed E-state index contributed by atoms with van der Waals surface area (Å²) in [5, 5.41) is 19.4. The summed E-state index contributed by atoms with van der Waals surface area (Å²) in [6.45, 7) is 0.681. The van der Waals surface area contributed by atoms with Crippen molar-refractivity contribution in [2.75, 3.05) is 24.7 Å². The molecule has 0 atom stereocenters. The van der Waals surface area contributed by atoms with Gasteiger partial charge in [-0.05, 0) is 54.0 Å². The first-order chi connectivity index (χ1) is 19.1. The Morgan fingerprint density at radius 2 is 1.52 bits per heavy atom. The molecule has 0 aliphatic carbocycles. The minimum Gasteiger partial charge on any atom is -0.507 e. The maximum atomic E-state index is 14.0. The van der Waals surface area contributed by atoms with E-state index in [1.54, 1.807) is 0 Å². The van der Waals surface area contributed by atoms with E-state index in [1.165, 1.54) is 11.0 Å². The average molecular weight is 583 g/mol. The Bertz CT molecular complexity index is 1390. The van der Waals surface area contributed by atoms with Crippen molar-refractivity contribution in [2.45, 2.75) is 30.2 Å². The lowest BCUT2D eigenvalue weighted by atomic mass is 9.91. The van der Waals surface area contributed by atoms with Gasteiger partial charge in [0.15, 0.2) is 23.3 Å². The van der Waals surface area contributed by atoms with E-state index in [9.17, 15) is 41.8 Å². The molecule has 0 radical (unpaired) electrons. The van der Waals surface area contributed by atoms with Gasteiger partial charge < -0.3 is 19.8 Å². The van der Waals surface area contributed by atoms with Crippen LogP contribution in [0.3, 0.4) is 0 Å². The number of hydrogen-bond donors (Lipinski definition) is 3. The summed E-state index contributed by atoms with van der Waals surface area (Å²) in [7, 11) is 0. The van der Waals surface area contributed by atoms with Gasteiger partial charge in [0.05, 0.1) is 13.1 Å². The summed E-state index contributed by atoms with van der Waals surface area (Å²) in [6, 6.07) is 11.0. The van der Waals surface area contributed by atoms with Crippen LogP contribution in [0, 0.1) is 29.1 Å². The highest BCUT2D eigenvalue weighted by molar-refractivity contribution is 7.97. The van der Waals surface area contributed by atoms with Crippen LogP contribution in [0.15, 0.2) is 47.4 Å². The molecule has 1 aliphatic rings. The van der Waals surface area contributed by atoms with Crippen LogP contribution in [0.2, 0.25) is 0 Å². The Kier molecular flexibility index (Phi) is 9.28. The molecule has 1 aliphatic heterocycles. The molecule has 212 valence electrons. The lowest BCUT2D eigenvalue weighted by molar-refractivity contribution is -0.117. The van der Waals surface area contributed by atoms with E-state index in [4.69, 9.17) is 4.74 Å². The molecule has 1 fully saturated rings. The second-order valence-corrected chi connectivity index (χ2v) is 9.84. The quantitative estimate of drug-likeness (QED) is 0.133. The van der Waals surface area contributed by atoms with E-state index < -0.39 is 63.7 Å². The normalized spacial score (nSPS) is 13.8. The summed E-state index contributed by atoms with van der Waals surface area (Å²) >= 11 is 0.0537.